The Labute approximate surface area is 107 Å². The van der Waals surface area contributed by atoms with Gasteiger partial charge in [0, 0.05) is 19.0 Å². The molecule has 1 aliphatic carbocycles. The molecular weight excluding hydrogens is 240 g/mol. The smallest absolute Gasteiger partial charge is 0.226 e. The molecule has 3 N–H and O–H groups in total. The van der Waals surface area contributed by atoms with E-state index in [0.717, 1.165) is 5.82 Å². The first kappa shape index (κ1) is 14.0. The molecule has 0 radical (unpaired) electrons. The average Bonchev–Trinajstić information content (AvgIpc) is 2.99. The van der Waals surface area contributed by atoms with Crippen molar-refractivity contribution >= 4 is 24.1 Å². The Balaban J connectivity index is 0.00000144. The fourth-order valence-electron chi connectivity index (χ4n) is 1.85. The molecule has 0 bridgehead atoms. The second-order valence-electron chi connectivity index (χ2n) is 4.33. The van der Waals surface area contributed by atoms with Gasteiger partial charge in [-0.2, -0.15) is 5.10 Å². The van der Waals surface area contributed by atoms with Crippen LogP contribution in [0.2, 0.25) is 0 Å². The molecule has 1 unspecified atom stereocenters. The van der Waals surface area contributed by atoms with Gasteiger partial charge in [0.25, 0.3) is 0 Å². The van der Waals surface area contributed by atoms with Gasteiger partial charge in [-0.15, -0.1) is 12.4 Å². The van der Waals surface area contributed by atoms with E-state index in [4.69, 9.17) is 5.73 Å². The number of nitrogens with zero attached hydrogens (tertiary/aromatic N) is 2. The molecule has 96 valence electrons. The number of rotatable bonds is 5. The van der Waals surface area contributed by atoms with Crippen molar-refractivity contribution in [1.82, 2.24) is 9.78 Å². The molecule has 1 atom stereocenters. The first-order valence-electron chi connectivity index (χ1n) is 5.76. The molecule has 5 nitrogen and oxygen atoms in total. The van der Waals surface area contributed by atoms with E-state index in [-0.39, 0.29) is 18.3 Å². The summed E-state index contributed by atoms with van der Waals surface area (Å²) in [5.74, 6) is 1.44. The summed E-state index contributed by atoms with van der Waals surface area (Å²) in [4.78, 5) is 11.4. The van der Waals surface area contributed by atoms with Crippen molar-refractivity contribution in [1.29, 1.82) is 0 Å². The minimum absolute atomic E-state index is 0. The largest absolute Gasteiger partial charge is 0.330 e. The van der Waals surface area contributed by atoms with Crippen molar-refractivity contribution in [3.8, 4) is 0 Å². The Hall–Kier alpha value is -1.07. The van der Waals surface area contributed by atoms with Crippen LogP contribution in [0.4, 0.5) is 5.82 Å². The number of hydrogen-bond acceptors (Lipinski definition) is 3. The molecule has 2 rings (SSSR count). The molecule has 0 aliphatic heterocycles. The topological polar surface area (TPSA) is 72.9 Å². The van der Waals surface area contributed by atoms with E-state index in [2.05, 4.69) is 17.3 Å². The number of hydrogen-bond donors (Lipinski definition) is 2. The van der Waals surface area contributed by atoms with Crippen molar-refractivity contribution in [2.75, 3.05) is 11.9 Å². The predicted octanol–water partition coefficient (Wildman–Crippen LogP) is 1.56. The first-order valence-corrected chi connectivity index (χ1v) is 5.76. The highest BCUT2D eigenvalue weighted by atomic mass is 35.5. The molecule has 0 aromatic carbocycles. The van der Waals surface area contributed by atoms with Gasteiger partial charge < -0.3 is 11.1 Å². The van der Waals surface area contributed by atoms with Gasteiger partial charge in [-0.3, -0.25) is 4.79 Å². The zero-order chi connectivity index (χ0) is 11.5. The van der Waals surface area contributed by atoms with Gasteiger partial charge in [0.05, 0.1) is 12.2 Å². The molecule has 0 spiro atoms. The molecule has 6 heteroatoms. The minimum atomic E-state index is -0.0488. The Morgan fingerprint density at radius 3 is 3.00 bits per heavy atom. The highest BCUT2D eigenvalue weighted by Gasteiger charge is 2.30. The van der Waals surface area contributed by atoms with Gasteiger partial charge in [0.1, 0.15) is 5.82 Å². The lowest BCUT2D eigenvalue weighted by molar-refractivity contribution is -0.116. The number of anilines is 1. The molecule has 1 aliphatic rings. The molecule has 17 heavy (non-hydrogen) atoms. The summed E-state index contributed by atoms with van der Waals surface area (Å²) in [7, 11) is 0. The second-order valence-corrected chi connectivity index (χ2v) is 4.33. The van der Waals surface area contributed by atoms with E-state index < -0.39 is 0 Å². The number of nitrogens with one attached hydrogen (secondary N) is 1. The third-order valence-corrected chi connectivity index (χ3v) is 3.00. The van der Waals surface area contributed by atoms with Crippen LogP contribution in [0.1, 0.15) is 32.2 Å². The molecule has 1 amide bonds. The minimum Gasteiger partial charge on any atom is -0.330 e. The monoisotopic (exact) mass is 258 g/mol. The van der Waals surface area contributed by atoms with Crippen LogP contribution in [0.3, 0.4) is 0 Å². The van der Waals surface area contributed by atoms with Crippen LogP contribution in [0, 0.1) is 5.92 Å². The Morgan fingerprint density at radius 1 is 1.71 bits per heavy atom. The lowest BCUT2D eigenvalue weighted by Gasteiger charge is -2.15. The summed E-state index contributed by atoms with van der Waals surface area (Å²) in [6, 6.07) is 2.19. The van der Waals surface area contributed by atoms with Crippen molar-refractivity contribution in [3.63, 3.8) is 0 Å². The van der Waals surface area contributed by atoms with Crippen LogP contribution in [0.25, 0.3) is 0 Å². The summed E-state index contributed by atoms with van der Waals surface area (Å²) in [6.07, 6.45) is 4.59. The van der Waals surface area contributed by atoms with Crippen LogP contribution in [0.5, 0.6) is 0 Å². The number of aromatic nitrogens is 2. The molecular formula is C11H19ClN4O. The summed E-state index contributed by atoms with van der Waals surface area (Å²) < 4.78 is 1.89. The van der Waals surface area contributed by atoms with E-state index in [1.165, 1.54) is 12.8 Å². The highest BCUT2D eigenvalue weighted by molar-refractivity contribution is 5.89. The van der Waals surface area contributed by atoms with Crippen molar-refractivity contribution in [3.05, 3.63) is 12.3 Å². The lowest BCUT2D eigenvalue weighted by atomic mass is 10.2. The fourth-order valence-corrected chi connectivity index (χ4v) is 1.85. The van der Waals surface area contributed by atoms with Crippen molar-refractivity contribution in [2.45, 2.75) is 32.2 Å². The predicted molar refractivity (Wildman–Crippen MR) is 69.2 cm³/mol. The van der Waals surface area contributed by atoms with Gasteiger partial charge in [0.15, 0.2) is 0 Å². The third kappa shape index (κ3) is 3.44. The van der Waals surface area contributed by atoms with Crippen molar-refractivity contribution in [2.24, 2.45) is 11.7 Å². The number of halogens is 1. The summed E-state index contributed by atoms with van der Waals surface area (Å²) in [6.45, 7) is 2.52. The van der Waals surface area contributed by atoms with Crippen LogP contribution in [-0.4, -0.2) is 22.2 Å². The maximum absolute atomic E-state index is 11.4. The standard InChI is InChI=1S/C11H18N4O.ClH/c1-8(9-2-3-9)15-10(5-7-13-15)14-11(16)4-6-12;/h5,7-9H,2-4,6,12H2,1H3,(H,14,16);1H. The Kier molecular flexibility index (Phi) is 4.96. The molecule has 1 fully saturated rings. The lowest BCUT2D eigenvalue weighted by Crippen LogP contribution is -2.20. The molecule has 1 heterocycles. The third-order valence-electron chi connectivity index (χ3n) is 3.00. The maximum atomic E-state index is 11.4. The van der Waals surface area contributed by atoms with Crippen LogP contribution in [-0.2, 0) is 4.79 Å². The second kappa shape index (κ2) is 6.02. The van der Waals surface area contributed by atoms with Gasteiger partial charge in [-0.25, -0.2) is 4.68 Å². The van der Waals surface area contributed by atoms with Crippen molar-refractivity contribution < 1.29 is 4.79 Å². The van der Waals surface area contributed by atoms with Crippen LogP contribution < -0.4 is 11.1 Å². The van der Waals surface area contributed by atoms with Crippen LogP contribution in [0.15, 0.2) is 12.3 Å². The van der Waals surface area contributed by atoms with E-state index in [1.54, 1.807) is 6.20 Å². The summed E-state index contributed by atoms with van der Waals surface area (Å²) in [5.41, 5.74) is 5.33. The first-order chi connectivity index (χ1) is 7.72. The Bertz CT molecular complexity index is 375. The molecule has 1 saturated carbocycles. The maximum Gasteiger partial charge on any atom is 0.226 e. The Morgan fingerprint density at radius 2 is 2.41 bits per heavy atom. The van der Waals surface area contributed by atoms with E-state index in [9.17, 15) is 4.79 Å². The van der Waals surface area contributed by atoms with Gasteiger partial charge >= 0.3 is 0 Å². The summed E-state index contributed by atoms with van der Waals surface area (Å²) >= 11 is 0. The quantitative estimate of drug-likeness (QED) is 0.842. The van der Waals surface area contributed by atoms with Crippen LogP contribution >= 0.6 is 12.4 Å². The van der Waals surface area contributed by atoms with E-state index in [1.807, 2.05) is 10.7 Å². The molecule has 1 aromatic heterocycles. The normalized spacial score (nSPS) is 16.1. The van der Waals surface area contributed by atoms with Gasteiger partial charge in [0.2, 0.25) is 5.91 Å². The molecule has 0 saturated heterocycles. The zero-order valence-corrected chi connectivity index (χ0v) is 10.7. The van der Waals surface area contributed by atoms with Gasteiger partial charge in [-0.05, 0) is 25.7 Å². The molecule has 1 aromatic rings. The number of amides is 1. The number of carbonyl (C=O) groups is 1. The number of nitrogens with two attached hydrogens (primary N) is 1. The summed E-state index contributed by atoms with van der Waals surface area (Å²) in [5, 5.41) is 7.10. The van der Waals surface area contributed by atoms with Gasteiger partial charge in [-0.1, -0.05) is 0 Å². The zero-order valence-electron chi connectivity index (χ0n) is 9.93. The highest BCUT2D eigenvalue weighted by Crippen LogP contribution is 2.40. The average molecular weight is 259 g/mol. The van der Waals surface area contributed by atoms with E-state index in [0.29, 0.717) is 24.9 Å². The SMILES string of the molecule is CC(C1CC1)n1nccc1NC(=O)CCN.Cl. The number of carbonyl (C=O) groups excluding carboxylic acids is 1. The fraction of sp³-hybridized carbons (Fsp3) is 0.636. The van der Waals surface area contributed by atoms with E-state index >= 15 is 0 Å².